The second kappa shape index (κ2) is 26.8. The lowest BCUT2D eigenvalue weighted by atomic mass is 9.81. The number of hydrogen-bond acceptors (Lipinski definition) is 1. The summed E-state index contributed by atoms with van der Waals surface area (Å²) in [4.78, 5) is 2.43. The number of fused-ring (bicyclic) bond motifs is 6. The highest BCUT2D eigenvalue weighted by Gasteiger charge is 2.36. The molecule has 0 amide bonds. The van der Waals surface area contributed by atoms with Gasteiger partial charge in [0.15, 0.2) is 0 Å². The average Bonchev–Trinajstić information content (AvgIpc) is 0.733. The normalized spacial score (nSPS) is 11.7. The van der Waals surface area contributed by atoms with E-state index in [1.54, 1.807) is 6.07 Å². The number of rotatable bonds is 11. The predicted octanol–water partition coefficient (Wildman–Crippen LogP) is 28.2. The Morgan fingerprint density at radius 2 is 0.644 bits per heavy atom. The Bertz CT molecular complexity index is 6010. The molecule has 0 saturated carbocycles. The lowest BCUT2D eigenvalue weighted by Gasteiger charge is -2.29. The number of halogens is 3. The van der Waals surface area contributed by atoms with E-state index in [2.05, 4.69) is 280 Å². The Hall–Kier alpha value is -12.4. The fourth-order valence-corrected chi connectivity index (χ4v) is 14.7. The minimum atomic E-state index is -4.53. The fraction of sp³-hybridized carbons (Fsp3) is 0.0515. The van der Waals surface area contributed by atoms with E-state index in [1.165, 1.54) is 105 Å². The molecule has 17 rings (SSSR count). The van der Waals surface area contributed by atoms with Gasteiger partial charge in [0, 0.05) is 22.3 Å². The molecule has 0 aliphatic carbocycles. The van der Waals surface area contributed by atoms with Crippen LogP contribution in [0.5, 0.6) is 0 Å². The van der Waals surface area contributed by atoms with Gasteiger partial charge in [-0.15, -0.1) is 0 Å². The van der Waals surface area contributed by atoms with E-state index in [4.69, 9.17) is 0 Å². The molecule has 17 aromatic carbocycles. The number of nitrogens with zero attached hydrogens (tertiary/aromatic N) is 1. The van der Waals surface area contributed by atoms with Crippen molar-refractivity contribution in [3.8, 4) is 66.8 Å². The number of aryl methyl sites for hydroxylation is 4. The van der Waals surface area contributed by atoms with E-state index in [-0.39, 0.29) is 5.56 Å². The van der Waals surface area contributed by atoms with Crippen molar-refractivity contribution in [2.75, 3.05) is 4.90 Å². The van der Waals surface area contributed by atoms with Gasteiger partial charge in [0.1, 0.15) is 0 Å². The largest absolute Gasteiger partial charge is 0.417 e. The quantitative estimate of drug-likeness (QED) is 0.117. The number of benzene rings is 17. The molecule has 0 spiro atoms. The van der Waals surface area contributed by atoms with Gasteiger partial charge < -0.3 is 4.90 Å². The summed E-state index contributed by atoms with van der Waals surface area (Å²) >= 11 is 0. The first-order chi connectivity index (χ1) is 49.4. The zero-order chi connectivity index (χ0) is 68.7. The second-order valence-corrected chi connectivity index (χ2v) is 26.5. The van der Waals surface area contributed by atoms with Crippen molar-refractivity contribution in [1.82, 2.24) is 0 Å². The van der Waals surface area contributed by atoms with Crippen molar-refractivity contribution in [3.63, 3.8) is 0 Å². The van der Waals surface area contributed by atoms with Crippen molar-refractivity contribution >= 4 is 93.8 Å². The summed E-state index contributed by atoms with van der Waals surface area (Å²) in [5.74, 6) is 0. The third kappa shape index (κ3) is 12.4. The first-order valence-electron chi connectivity index (χ1n) is 34.4. The number of anilines is 3. The maximum atomic E-state index is 14.8. The first kappa shape index (κ1) is 63.4. The van der Waals surface area contributed by atoms with Crippen molar-refractivity contribution in [2.24, 2.45) is 0 Å². The van der Waals surface area contributed by atoms with Gasteiger partial charge >= 0.3 is 6.18 Å². The van der Waals surface area contributed by atoms with Gasteiger partial charge in [-0.05, 0) is 214 Å². The van der Waals surface area contributed by atoms with Crippen LogP contribution >= 0.6 is 0 Å². The van der Waals surface area contributed by atoms with Crippen LogP contribution in [-0.4, -0.2) is 0 Å². The summed E-state index contributed by atoms with van der Waals surface area (Å²) < 4.78 is 44.4. The summed E-state index contributed by atoms with van der Waals surface area (Å²) in [7, 11) is 0. The first-order valence-corrected chi connectivity index (χ1v) is 34.4. The van der Waals surface area contributed by atoms with Crippen molar-refractivity contribution in [1.29, 1.82) is 0 Å². The van der Waals surface area contributed by atoms with E-state index in [9.17, 15) is 13.2 Å². The summed E-state index contributed by atoms with van der Waals surface area (Å²) in [6.07, 6.45) is 0.0145. The van der Waals surface area contributed by atoms with E-state index in [0.717, 1.165) is 61.0 Å². The van der Waals surface area contributed by atoms with Crippen LogP contribution in [-0.2, 0) is 6.18 Å². The average molecular weight is 1310 g/mol. The predicted molar refractivity (Wildman–Crippen MR) is 425 cm³/mol. The highest BCUT2D eigenvalue weighted by Crippen LogP contribution is 2.53. The Kier molecular flexibility index (Phi) is 16.8. The maximum Gasteiger partial charge on any atom is 0.417 e. The molecule has 484 valence electrons. The Balaban J connectivity index is 0.000000178. The summed E-state index contributed by atoms with van der Waals surface area (Å²) in [6, 6.07) is 119. The maximum absolute atomic E-state index is 14.8. The van der Waals surface area contributed by atoms with Crippen LogP contribution in [0, 0.1) is 27.7 Å². The molecule has 0 N–H and O–H groups in total. The molecule has 0 radical (unpaired) electrons. The molecule has 17 aromatic rings. The molecule has 0 aliphatic heterocycles. The number of para-hydroxylation sites is 1. The van der Waals surface area contributed by atoms with Crippen LogP contribution in [0.2, 0.25) is 0 Å². The lowest BCUT2D eigenvalue weighted by Crippen LogP contribution is -2.11. The molecule has 4 heteroatoms. The van der Waals surface area contributed by atoms with Crippen LogP contribution < -0.4 is 4.90 Å². The molecule has 0 saturated heterocycles. The third-order valence-electron chi connectivity index (χ3n) is 19.8. The minimum absolute atomic E-state index is 0.218. The van der Waals surface area contributed by atoms with Gasteiger partial charge in [0.2, 0.25) is 0 Å². The third-order valence-corrected chi connectivity index (χ3v) is 19.8. The Morgan fingerprint density at radius 1 is 0.257 bits per heavy atom. The van der Waals surface area contributed by atoms with Crippen LogP contribution in [0.3, 0.4) is 0 Å². The molecule has 0 fully saturated rings. The van der Waals surface area contributed by atoms with Gasteiger partial charge in [0.25, 0.3) is 0 Å². The molecule has 0 unspecified atom stereocenters. The summed E-state index contributed by atoms with van der Waals surface area (Å²) in [5, 5.41) is 12.8. The van der Waals surface area contributed by atoms with Crippen molar-refractivity contribution in [2.45, 2.75) is 33.9 Å². The zero-order valence-electron chi connectivity index (χ0n) is 56.6. The van der Waals surface area contributed by atoms with Crippen LogP contribution in [0.25, 0.3) is 144 Å². The van der Waals surface area contributed by atoms with E-state index in [1.807, 2.05) is 92.7 Å². The second-order valence-electron chi connectivity index (χ2n) is 26.5. The van der Waals surface area contributed by atoms with Crippen LogP contribution in [0.1, 0.15) is 38.9 Å². The topological polar surface area (TPSA) is 3.24 Å². The molecule has 0 atom stereocenters. The fourth-order valence-electron chi connectivity index (χ4n) is 14.7. The van der Waals surface area contributed by atoms with E-state index >= 15 is 0 Å². The molecule has 0 bridgehead atoms. The zero-order valence-corrected chi connectivity index (χ0v) is 56.6. The molecule has 0 heterocycles. The Labute approximate surface area is 587 Å². The molecular formula is C97H70F3N. The molecule has 101 heavy (non-hydrogen) atoms. The monoisotopic (exact) mass is 1310 g/mol. The summed E-state index contributed by atoms with van der Waals surface area (Å²) in [6.45, 7) is 8.30. The van der Waals surface area contributed by atoms with E-state index in [0.29, 0.717) is 16.5 Å². The van der Waals surface area contributed by atoms with Crippen molar-refractivity contribution in [3.05, 3.63) is 379 Å². The van der Waals surface area contributed by atoms with Gasteiger partial charge in [-0.3, -0.25) is 0 Å². The van der Waals surface area contributed by atoms with Crippen LogP contribution in [0.15, 0.2) is 340 Å². The van der Waals surface area contributed by atoms with Crippen LogP contribution in [0.4, 0.5) is 30.2 Å². The molecular weight excluding hydrogens is 1240 g/mol. The minimum Gasteiger partial charge on any atom is -0.310 e. The van der Waals surface area contributed by atoms with E-state index < -0.39 is 11.7 Å². The SMILES string of the molecule is Cc1ccc(-c2ccc(-c3c(C(F)(F)F)cc(-c4ccc(C)cc4)c4ccccc34)c3ccccc23)cc1.Cc1ccc(/C=C/c2cc(-c3ccc4ccccc4c3)c(-c3c(-c4ccc5ccccc5c4)cc(N(c4ccccc4)c4ccc(C)cc4)c4ccccc34)c3ccccc23)cc1. The Morgan fingerprint density at radius 3 is 1.19 bits per heavy atom. The van der Waals surface area contributed by atoms with Crippen molar-refractivity contribution < 1.29 is 13.2 Å². The highest BCUT2D eigenvalue weighted by atomic mass is 19.4. The smallest absolute Gasteiger partial charge is 0.310 e. The number of alkyl halides is 3. The highest BCUT2D eigenvalue weighted by molar-refractivity contribution is 6.20. The summed E-state index contributed by atoms with van der Waals surface area (Å²) in [5.41, 5.74) is 21.1. The standard InChI is InChI=1S/C62H45N.C35H25F3/c1-42-24-28-44(29-25-42)30-31-51-40-58(49-34-32-45-14-6-8-16-47(45)38-49)61(56-22-12-10-20-54(51)56)62-57-23-13-11-21-55(57)60(41-59(62)50-35-33-46-15-7-9-17-48(46)39-50)63(52-18-4-3-5-19-52)53-36-26-43(2)27-37-53;1-22-11-15-24(16-12-22)26-19-20-31(28-8-4-3-7-27(26)28)34-30-10-6-5-9-29(30)32(21-33(34)35(36,37)38)25-17-13-23(2)14-18-25/h3-41H,1-2H3;3-21H,1-2H3/b31-30+;. The molecule has 0 aliphatic rings. The molecule has 1 nitrogen and oxygen atoms in total. The van der Waals surface area contributed by atoms with Gasteiger partial charge in [0.05, 0.1) is 11.3 Å². The lowest BCUT2D eigenvalue weighted by molar-refractivity contribution is -0.137. The van der Waals surface area contributed by atoms with Gasteiger partial charge in [-0.2, -0.15) is 13.2 Å². The molecule has 0 aromatic heterocycles. The van der Waals surface area contributed by atoms with Gasteiger partial charge in [-0.25, -0.2) is 0 Å². The van der Waals surface area contributed by atoms with Gasteiger partial charge in [-0.1, -0.05) is 320 Å². The number of hydrogen-bond donors (Lipinski definition) is 0.